The Kier molecular flexibility index (Phi) is 2.86. The van der Waals surface area contributed by atoms with E-state index in [0.29, 0.717) is 9.80 Å². The molecule has 2 rings (SSSR count). The first kappa shape index (κ1) is 13.2. The van der Waals surface area contributed by atoms with Crippen molar-refractivity contribution in [3.05, 3.63) is 35.6 Å². The van der Waals surface area contributed by atoms with Gasteiger partial charge < -0.3 is 5.11 Å². The first-order valence-electron chi connectivity index (χ1n) is 5.39. The van der Waals surface area contributed by atoms with Crippen LogP contribution in [0.5, 0.6) is 0 Å². The maximum absolute atomic E-state index is 12.9. The molecule has 19 heavy (non-hydrogen) atoms. The zero-order valence-corrected chi connectivity index (χ0v) is 10.3. The number of rotatable bonds is 1. The predicted molar refractivity (Wildman–Crippen MR) is 61.2 cm³/mol. The lowest BCUT2D eigenvalue weighted by Crippen LogP contribution is -2.65. The fourth-order valence-electron chi connectivity index (χ4n) is 1.91. The molecule has 0 saturated carbocycles. The lowest BCUT2D eigenvalue weighted by atomic mass is 9.89. The van der Waals surface area contributed by atoms with Crippen LogP contribution in [0.2, 0.25) is 0 Å². The van der Waals surface area contributed by atoms with E-state index in [0.717, 1.165) is 38.4 Å². The average Bonchev–Trinajstić information content (AvgIpc) is 2.41. The van der Waals surface area contributed by atoms with Gasteiger partial charge in [-0.1, -0.05) is 12.1 Å². The van der Waals surface area contributed by atoms with Gasteiger partial charge in [0, 0.05) is 19.7 Å². The molecular formula is C12H11FN2O4. The molecule has 1 saturated heterocycles. The summed E-state index contributed by atoms with van der Waals surface area (Å²) < 4.78 is 12.9. The van der Waals surface area contributed by atoms with Crippen LogP contribution in [0.25, 0.3) is 0 Å². The number of halogens is 1. The molecule has 1 aliphatic rings. The van der Waals surface area contributed by atoms with Crippen molar-refractivity contribution in [2.75, 3.05) is 14.1 Å². The highest BCUT2D eigenvalue weighted by atomic mass is 19.1. The van der Waals surface area contributed by atoms with Gasteiger partial charge in [-0.15, -0.1) is 0 Å². The first-order valence-corrected chi connectivity index (χ1v) is 5.39. The Labute approximate surface area is 108 Å². The Morgan fingerprint density at radius 2 is 1.42 bits per heavy atom. The molecule has 1 aromatic carbocycles. The second kappa shape index (κ2) is 4.13. The van der Waals surface area contributed by atoms with Gasteiger partial charge in [-0.25, -0.2) is 9.18 Å². The molecule has 0 atom stereocenters. The molecule has 0 aliphatic carbocycles. The van der Waals surface area contributed by atoms with E-state index < -0.39 is 29.3 Å². The second-order valence-corrected chi connectivity index (χ2v) is 4.23. The maximum atomic E-state index is 12.9. The van der Waals surface area contributed by atoms with E-state index >= 15 is 0 Å². The predicted octanol–water partition coefficient (Wildman–Crippen LogP) is 0.0637. The Morgan fingerprint density at radius 1 is 1.00 bits per heavy atom. The quantitative estimate of drug-likeness (QED) is 0.729. The number of benzene rings is 1. The summed E-state index contributed by atoms with van der Waals surface area (Å²) in [6, 6.07) is 3.46. The molecule has 1 fully saturated rings. The Balaban J connectivity index is 2.57. The topological polar surface area (TPSA) is 77.9 Å². The Hall–Kier alpha value is -2.28. The molecule has 4 amide bonds. The van der Waals surface area contributed by atoms with Crippen LogP contribution in [0.1, 0.15) is 5.56 Å². The fraction of sp³-hybridized carbons (Fsp3) is 0.250. The monoisotopic (exact) mass is 266 g/mol. The molecule has 0 radical (unpaired) electrons. The molecule has 0 bridgehead atoms. The van der Waals surface area contributed by atoms with Crippen LogP contribution in [-0.4, -0.2) is 46.8 Å². The van der Waals surface area contributed by atoms with Crippen molar-refractivity contribution >= 4 is 17.8 Å². The maximum Gasteiger partial charge on any atom is 0.333 e. The molecular weight excluding hydrogens is 255 g/mol. The van der Waals surface area contributed by atoms with Crippen LogP contribution >= 0.6 is 0 Å². The zero-order chi connectivity index (χ0) is 14.4. The number of hydrogen-bond acceptors (Lipinski definition) is 4. The largest absolute Gasteiger partial charge is 0.368 e. The normalized spacial score (nSPS) is 19.1. The number of carbonyl (C=O) groups is 3. The van der Waals surface area contributed by atoms with E-state index in [1.54, 1.807) is 0 Å². The summed E-state index contributed by atoms with van der Waals surface area (Å²) in [7, 11) is 2.31. The molecule has 100 valence electrons. The number of amides is 4. The van der Waals surface area contributed by atoms with Crippen molar-refractivity contribution in [3.63, 3.8) is 0 Å². The summed E-state index contributed by atoms with van der Waals surface area (Å²) in [6.45, 7) is 0. The number of barbiturate groups is 1. The lowest BCUT2D eigenvalue weighted by molar-refractivity contribution is -0.169. The van der Waals surface area contributed by atoms with Crippen molar-refractivity contribution in [1.82, 2.24) is 9.80 Å². The van der Waals surface area contributed by atoms with Gasteiger partial charge >= 0.3 is 6.03 Å². The van der Waals surface area contributed by atoms with Crippen molar-refractivity contribution in [3.8, 4) is 0 Å². The van der Waals surface area contributed by atoms with E-state index in [-0.39, 0.29) is 5.56 Å². The van der Waals surface area contributed by atoms with Gasteiger partial charge in [0.2, 0.25) is 5.60 Å². The standard InChI is InChI=1S/C12H11FN2O4/c1-14-9(16)12(19,10(17)15(2)11(14)18)7-3-5-8(13)6-4-7/h3-6,19H,1-2H3. The number of likely N-dealkylation sites (N-methyl/N-ethyl adjacent to an activating group) is 2. The summed E-state index contributed by atoms with van der Waals surface area (Å²) in [4.78, 5) is 36.9. The summed E-state index contributed by atoms with van der Waals surface area (Å²) in [5.41, 5.74) is -2.60. The highest BCUT2D eigenvalue weighted by Gasteiger charge is 2.55. The number of imide groups is 2. The van der Waals surface area contributed by atoms with Gasteiger partial charge in [0.25, 0.3) is 11.8 Å². The van der Waals surface area contributed by atoms with Gasteiger partial charge in [-0.2, -0.15) is 0 Å². The molecule has 0 aromatic heterocycles. The molecule has 1 heterocycles. The van der Waals surface area contributed by atoms with Crippen LogP contribution in [0.3, 0.4) is 0 Å². The average molecular weight is 266 g/mol. The number of urea groups is 1. The van der Waals surface area contributed by atoms with E-state index in [4.69, 9.17) is 0 Å². The van der Waals surface area contributed by atoms with Gasteiger partial charge in [0.15, 0.2) is 0 Å². The molecule has 7 heteroatoms. The number of aliphatic hydroxyl groups is 1. The minimum atomic E-state index is -2.51. The fourth-order valence-corrected chi connectivity index (χ4v) is 1.91. The third-order valence-corrected chi connectivity index (χ3v) is 3.06. The molecule has 1 N–H and O–H groups in total. The molecule has 1 aromatic rings. The van der Waals surface area contributed by atoms with E-state index in [9.17, 15) is 23.9 Å². The molecule has 0 unspecified atom stereocenters. The smallest absolute Gasteiger partial charge is 0.333 e. The number of hydrogen-bond donors (Lipinski definition) is 1. The summed E-state index contributed by atoms with van der Waals surface area (Å²) >= 11 is 0. The Bertz CT molecular complexity index is 546. The first-order chi connectivity index (χ1) is 8.80. The van der Waals surface area contributed by atoms with Crippen LogP contribution in [0, 0.1) is 5.82 Å². The lowest BCUT2D eigenvalue weighted by Gasteiger charge is -2.38. The highest BCUT2D eigenvalue weighted by Crippen LogP contribution is 2.30. The third-order valence-electron chi connectivity index (χ3n) is 3.06. The number of nitrogens with zero attached hydrogens (tertiary/aromatic N) is 2. The van der Waals surface area contributed by atoms with Crippen molar-refractivity contribution < 1.29 is 23.9 Å². The van der Waals surface area contributed by atoms with Gasteiger partial charge in [0.1, 0.15) is 5.82 Å². The second-order valence-electron chi connectivity index (χ2n) is 4.23. The summed E-state index contributed by atoms with van der Waals surface area (Å²) in [5.74, 6) is -2.69. The molecule has 1 aliphatic heterocycles. The van der Waals surface area contributed by atoms with Crippen molar-refractivity contribution in [2.24, 2.45) is 0 Å². The highest BCUT2D eigenvalue weighted by molar-refractivity contribution is 6.21. The van der Waals surface area contributed by atoms with Crippen LogP contribution < -0.4 is 0 Å². The van der Waals surface area contributed by atoms with Gasteiger partial charge in [0.05, 0.1) is 0 Å². The summed E-state index contributed by atoms with van der Waals surface area (Å²) in [5, 5.41) is 10.4. The SMILES string of the molecule is CN1C(=O)N(C)C(=O)C(O)(c2ccc(F)cc2)C1=O. The van der Waals surface area contributed by atoms with Crippen LogP contribution in [0.4, 0.5) is 9.18 Å². The van der Waals surface area contributed by atoms with Crippen LogP contribution in [-0.2, 0) is 15.2 Å². The molecule has 0 spiro atoms. The third kappa shape index (κ3) is 1.70. The summed E-state index contributed by atoms with van der Waals surface area (Å²) in [6.07, 6.45) is 0. The van der Waals surface area contributed by atoms with Gasteiger partial charge in [-0.3, -0.25) is 19.4 Å². The Morgan fingerprint density at radius 3 is 1.84 bits per heavy atom. The molecule has 6 nitrogen and oxygen atoms in total. The minimum Gasteiger partial charge on any atom is -0.368 e. The van der Waals surface area contributed by atoms with Crippen molar-refractivity contribution in [1.29, 1.82) is 0 Å². The van der Waals surface area contributed by atoms with E-state index in [1.807, 2.05) is 0 Å². The van der Waals surface area contributed by atoms with Crippen LogP contribution in [0.15, 0.2) is 24.3 Å². The van der Waals surface area contributed by atoms with E-state index in [2.05, 4.69) is 0 Å². The van der Waals surface area contributed by atoms with Gasteiger partial charge in [-0.05, 0) is 12.1 Å². The minimum absolute atomic E-state index is 0.0879. The number of carbonyl (C=O) groups excluding carboxylic acids is 3. The van der Waals surface area contributed by atoms with E-state index in [1.165, 1.54) is 0 Å². The van der Waals surface area contributed by atoms with Crippen molar-refractivity contribution in [2.45, 2.75) is 5.60 Å². The zero-order valence-electron chi connectivity index (χ0n) is 10.3.